The van der Waals surface area contributed by atoms with E-state index >= 15 is 0 Å². The normalized spacial score (nSPS) is 35.5. The van der Waals surface area contributed by atoms with E-state index in [1.807, 2.05) is 27.3 Å². The maximum Gasteiger partial charge on any atom is 0.163 e. The predicted octanol–water partition coefficient (Wildman–Crippen LogP) is 4.27. The number of nitrogens with zero attached hydrogens (tertiary/aromatic N) is 1. The Morgan fingerprint density at radius 3 is 2.58 bits per heavy atom. The molecule has 0 amide bonds. The lowest BCUT2D eigenvalue weighted by Crippen LogP contribution is -2.45. The van der Waals surface area contributed by atoms with Gasteiger partial charge in [-0.2, -0.15) is 0 Å². The second-order valence-electron chi connectivity index (χ2n) is 8.86. The van der Waals surface area contributed by atoms with Gasteiger partial charge in [-0.15, -0.1) is 0 Å². The Hall–Kier alpha value is -1.55. The number of carbonyl (C=O) groups is 1. The average Bonchev–Trinajstić information content (AvgIpc) is 2.97. The molecule has 0 radical (unpaired) electrons. The monoisotopic (exact) mass is 357 g/mol. The van der Waals surface area contributed by atoms with Crippen molar-refractivity contribution in [3.05, 3.63) is 23.3 Å². The maximum atomic E-state index is 13.0. The molecule has 0 unspecified atom stereocenters. The molecule has 0 saturated heterocycles. The van der Waals surface area contributed by atoms with Gasteiger partial charge in [0.25, 0.3) is 0 Å². The fourth-order valence-electron chi connectivity index (χ4n) is 6.27. The van der Waals surface area contributed by atoms with Crippen molar-refractivity contribution in [1.82, 2.24) is 0 Å². The zero-order valence-corrected chi connectivity index (χ0v) is 16.7. The number of carbonyl (C=O) groups excluding carboxylic acids is 1. The van der Waals surface area contributed by atoms with Crippen molar-refractivity contribution >= 4 is 11.5 Å². The molecule has 3 aliphatic rings. The largest absolute Gasteiger partial charge is 0.495 e. The molecule has 4 heteroatoms. The van der Waals surface area contributed by atoms with Crippen molar-refractivity contribution in [2.75, 3.05) is 33.2 Å². The number of hydrogen-bond donors (Lipinski definition) is 0. The second kappa shape index (κ2) is 6.26. The third-order valence-electron chi connectivity index (χ3n) is 7.59. The summed E-state index contributed by atoms with van der Waals surface area (Å²) in [4.78, 5) is 15.1. The van der Waals surface area contributed by atoms with Crippen LogP contribution >= 0.6 is 0 Å². The van der Waals surface area contributed by atoms with Crippen LogP contribution in [0.1, 0.15) is 60.9 Å². The first-order valence-electron chi connectivity index (χ1n) is 9.86. The van der Waals surface area contributed by atoms with Gasteiger partial charge in [-0.1, -0.05) is 6.92 Å². The summed E-state index contributed by atoms with van der Waals surface area (Å²) in [7, 11) is 7.59. The number of Topliss-reactive ketones (excluding diaryl/α,β-unsaturated/α-hetero) is 1. The van der Waals surface area contributed by atoms with Crippen LogP contribution in [0.25, 0.3) is 0 Å². The third kappa shape index (κ3) is 2.41. The SMILES string of the molecule is COc1cc2c(cc1N(C)C)[C@H]1CC[C@]3(C)[C@@H](OC)CC[C@H]3[C@@H]1CC2=O. The van der Waals surface area contributed by atoms with Crippen LogP contribution in [-0.2, 0) is 4.74 Å². The molecule has 0 heterocycles. The van der Waals surface area contributed by atoms with E-state index in [-0.39, 0.29) is 11.2 Å². The summed E-state index contributed by atoms with van der Waals surface area (Å²) in [5.41, 5.74) is 3.43. The quantitative estimate of drug-likeness (QED) is 0.810. The predicted molar refractivity (Wildman–Crippen MR) is 103 cm³/mol. The van der Waals surface area contributed by atoms with Crippen LogP contribution in [0.3, 0.4) is 0 Å². The zero-order valence-electron chi connectivity index (χ0n) is 16.7. The van der Waals surface area contributed by atoms with E-state index in [9.17, 15) is 4.79 Å². The number of hydrogen-bond acceptors (Lipinski definition) is 4. The van der Waals surface area contributed by atoms with Crippen molar-refractivity contribution in [1.29, 1.82) is 0 Å². The topological polar surface area (TPSA) is 38.8 Å². The molecular formula is C22H31NO3. The molecule has 142 valence electrons. The van der Waals surface area contributed by atoms with Gasteiger partial charge in [-0.3, -0.25) is 4.79 Å². The van der Waals surface area contributed by atoms with Crippen LogP contribution in [0.2, 0.25) is 0 Å². The Bertz CT molecular complexity index is 728. The molecule has 0 aromatic heterocycles. The van der Waals surface area contributed by atoms with Gasteiger partial charge in [0.1, 0.15) is 5.75 Å². The highest BCUT2D eigenvalue weighted by atomic mass is 16.5. The first-order valence-corrected chi connectivity index (χ1v) is 9.86. The number of ketones is 1. The van der Waals surface area contributed by atoms with E-state index in [0.717, 1.165) is 29.8 Å². The average molecular weight is 357 g/mol. The summed E-state index contributed by atoms with van der Waals surface area (Å²) in [5.74, 6) is 2.61. The van der Waals surface area contributed by atoms with Gasteiger partial charge in [-0.05, 0) is 66.5 Å². The van der Waals surface area contributed by atoms with Crippen LogP contribution in [0.15, 0.2) is 12.1 Å². The van der Waals surface area contributed by atoms with Gasteiger partial charge in [0.15, 0.2) is 5.78 Å². The first kappa shape index (κ1) is 17.8. The standard InChI is InChI=1S/C22H31NO3/c1-22-9-8-13-14-10-18(23(2)3)20(25-4)12-16(14)19(24)11-15(13)17(22)6-7-21(22)26-5/h10,12-13,15,17,21H,6-9,11H2,1-5H3/t13-,15-,17+,21+,22+/m1/s1. The third-order valence-corrected chi connectivity index (χ3v) is 7.59. The highest BCUT2D eigenvalue weighted by Crippen LogP contribution is 2.61. The molecule has 5 atom stereocenters. The molecule has 4 rings (SSSR count). The van der Waals surface area contributed by atoms with E-state index in [0.29, 0.717) is 30.3 Å². The van der Waals surface area contributed by atoms with E-state index in [2.05, 4.69) is 17.9 Å². The smallest absolute Gasteiger partial charge is 0.163 e. The molecule has 26 heavy (non-hydrogen) atoms. The van der Waals surface area contributed by atoms with E-state index < -0.39 is 0 Å². The summed E-state index contributed by atoms with van der Waals surface area (Å²) >= 11 is 0. The van der Waals surface area contributed by atoms with Crippen molar-refractivity contribution in [3.8, 4) is 5.75 Å². The first-order chi connectivity index (χ1) is 12.4. The second-order valence-corrected chi connectivity index (χ2v) is 8.86. The van der Waals surface area contributed by atoms with Crippen molar-refractivity contribution in [3.63, 3.8) is 0 Å². The highest BCUT2D eigenvalue weighted by molar-refractivity contribution is 6.00. The van der Waals surface area contributed by atoms with Gasteiger partial charge >= 0.3 is 0 Å². The molecule has 4 nitrogen and oxygen atoms in total. The highest BCUT2D eigenvalue weighted by Gasteiger charge is 2.56. The van der Waals surface area contributed by atoms with E-state index in [1.54, 1.807) is 7.11 Å². The molecule has 0 N–H and O–H groups in total. The van der Waals surface area contributed by atoms with Crippen LogP contribution in [0.4, 0.5) is 5.69 Å². The fraction of sp³-hybridized carbons (Fsp3) is 0.682. The van der Waals surface area contributed by atoms with Gasteiger partial charge in [0.05, 0.1) is 18.9 Å². The summed E-state index contributed by atoms with van der Waals surface area (Å²) in [6.07, 6.45) is 5.69. The van der Waals surface area contributed by atoms with Crippen molar-refractivity contribution in [2.45, 2.75) is 51.0 Å². The Labute approximate surface area is 156 Å². The molecule has 2 saturated carbocycles. The summed E-state index contributed by atoms with van der Waals surface area (Å²) in [6, 6.07) is 4.19. The summed E-state index contributed by atoms with van der Waals surface area (Å²) in [6.45, 7) is 2.40. The van der Waals surface area contributed by atoms with Crippen LogP contribution in [0.5, 0.6) is 5.75 Å². The lowest BCUT2D eigenvalue weighted by molar-refractivity contribution is -0.0426. The van der Waals surface area contributed by atoms with Gasteiger partial charge in [-0.25, -0.2) is 0 Å². The van der Waals surface area contributed by atoms with Crippen LogP contribution < -0.4 is 9.64 Å². The number of anilines is 1. The lowest BCUT2D eigenvalue weighted by atomic mass is 9.55. The minimum Gasteiger partial charge on any atom is -0.495 e. The summed E-state index contributed by atoms with van der Waals surface area (Å²) < 4.78 is 11.4. The Morgan fingerprint density at radius 2 is 1.92 bits per heavy atom. The molecule has 0 aliphatic heterocycles. The van der Waals surface area contributed by atoms with Crippen molar-refractivity contribution in [2.24, 2.45) is 17.3 Å². The number of fused-ring (bicyclic) bond motifs is 5. The minimum atomic E-state index is 0.227. The summed E-state index contributed by atoms with van der Waals surface area (Å²) in [5, 5.41) is 0. The molecule has 0 spiro atoms. The fourth-order valence-corrected chi connectivity index (χ4v) is 6.27. The number of rotatable bonds is 3. The Balaban J connectivity index is 1.77. The molecule has 1 aromatic rings. The molecular weight excluding hydrogens is 326 g/mol. The van der Waals surface area contributed by atoms with Gasteiger partial charge < -0.3 is 14.4 Å². The number of methoxy groups -OCH3 is 2. The van der Waals surface area contributed by atoms with E-state index in [4.69, 9.17) is 9.47 Å². The van der Waals surface area contributed by atoms with Crippen molar-refractivity contribution < 1.29 is 14.3 Å². The Kier molecular flexibility index (Phi) is 4.30. The molecule has 0 bridgehead atoms. The van der Waals surface area contributed by atoms with Gasteiger partial charge in [0.2, 0.25) is 0 Å². The number of benzene rings is 1. The van der Waals surface area contributed by atoms with Crippen LogP contribution in [-0.4, -0.2) is 40.2 Å². The molecule has 3 aliphatic carbocycles. The van der Waals surface area contributed by atoms with Crippen LogP contribution in [0, 0.1) is 17.3 Å². The van der Waals surface area contributed by atoms with Gasteiger partial charge in [0, 0.05) is 33.2 Å². The lowest BCUT2D eigenvalue weighted by Gasteiger charge is -2.50. The van der Waals surface area contributed by atoms with E-state index in [1.165, 1.54) is 18.4 Å². The number of ether oxygens (including phenoxy) is 2. The Morgan fingerprint density at radius 1 is 1.15 bits per heavy atom. The zero-order chi connectivity index (χ0) is 18.6. The molecule has 2 fully saturated rings. The minimum absolute atomic E-state index is 0.227. The molecule has 1 aromatic carbocycles. The maximum absolute atomic E-state index is 13.0.